The number of H-pyrrole nitrogens is 1. The third-order valence-electron chi connectivity index (χ3n) is 4.41. The van der Waals surface area contributed by atoms with Crippen molar-refractivity contribution in [3.63, 3.8) is 0 Å². The van der Waals surface area contributed by atoms with Crippen LogP contribution in [0.25, 0.3) is 11.0 Å². The smallest absolute Gasteiger partial charge is 0.262 e. The SMILES string of the molecule is Cc1cc2c(=O)n(CCCN3C(=O)c4ccccc4C3=O)cnc2[nH]1. The van der Waals surface area contributed by atoms with Crippen LogP contribution >= 0.6 is 0 Å². The molecule has 2 amide bonds. The van der Waals surface area contributed by atoms with Gasteiger partial charge in [-0.05, 0) is 31.5 Å². The molecule has 0 fully saturated rings. The Morgan fingerprint density at radius 2 is 1.72 bits per heavy atom. The summed E-state index contributed by atoms with van der Waals surface area (Å²) in [5.74, 6) is -0.550. The lowest BCUT2D eigenvalue weighted by molar-refractivity contribution is 0.0650. The van der Waals surface area contributed by atoms with E-state index in [1.165, 1.54) is 15.8 Å². The molecule has 126 valence electrons. The predicted octanol–water partition coefficient (Wildman–Crippen LogP) is 1.72. The largest absolute Gasteiger partial charge is 0.343 e. The number of amides is 2. The summed E-state index contributed by atoms with van der Waals surface area (Å²) in [6.45, 7) is 2.52. The highest BCUT2D eigenvalue weighted by molar-refractivity contribution is 6.21. The van der Waals surface area contributed by atoms with Gasteiger partial charge >= 0.3 is 0 Å². The summed E-state index contributed by atoms with van der Waals surface area (Å²) in [4.78, 5) is 45.6. The third kappa shape index (κ3) is 2.44. The van der Waals surface area contributed by atoms with E-state index in [2.05, 4.69) is 9.97 Å². The highest BCUT2D eigenvalue weighted by atomic mass is 16.2. The number of benzene rings is 1. The van der Waals surface area contributed by atoms with Crippen molar-refractivity contribution in [2.24, 2.45) is 0 Å². The minimum atomic E-state index is -0.275. The quantitative estimate of drug-likeness (QED) is 0.735. The number of carbonyl (C=O) groups is 2. The molecular weight excluding hydrogens is 320 g/mol. The highest BCUT2D eigenvalue weighted by Gasteiger charge is 2.34. The number of fused-ring (bicyclic) bond motifs is 2. The van der Waals surface area contributed by atoms with Crippen molar-refractivity contribution < 1.29 is 9.59 Å². The topological polar surface area (TPSA) is 88.1 Å². The van der Waals surface area contributed by atoms with Gasteiger partial charge in [0.1, 0.15) is 5.65 Å². The first kappa shape index (κ1) is 15.3. The Balaban J connectivity index is 1.49. The number of aromatic nitrogens is 3. The summed E-state index contributed by atoms with van der Waals surface area (Å²) < 4.78 is 1.51. The Labute approximate surface area is 142 Å². The van der Waals surface area contributed by atoms with Crippen LogP contribution in [0.2, 0.25) is 0 Å². The van der Waals surface area contributed by atoms with Crippen LogP contribution in [0.4, 0.5) is 0 Å². The summed E-state index contributed by atoms with van der Waals surface area (Å²) >= 11 is 0. The maximum Gasteiger partial charge on any atom is 0.262 e. The zero-order valence-electron chi connectivity index (χ0n) is 13.7. The molecule has 0 unspecified atom stereocenters. The Bertz CT molecular complexity index is 1030. The summed E-state index contributed by atoms with van der Waals surface area (Å²) in [5.41, 5.74) is 2.20. The number of imide groups is 1. The lowest BCUT2D eigenvalue weighted by Crippen LogP contribution is -2.32. The fourth-order valence-corrected chi connectivity index (χ4v) is 3.18. The lowest BCUT2D eigenvalue weighted by atomic mass is 10.1. The number of aromatic amines is 1. The van der Waals surface area contributed by atoms with Gasteiger partial charge in [-0.2, -0.15) is 0 Å². The van der Waals surface area contributed by atoms with Crippen LogP contribution in [0, 0.1) is 6.92 Å². The second kappa shape index (κ2) is 5.70. The van der Waals surface area contributed by atoms with Gasteiger partial charge in [0.15, 0.2) is 0 Å². The molecule has 2 aromatic heterocycles. The molecule has 25 heavy (non-hydrogen) atoms. The van der Waals surface area contributed by atoms with Crippen molar-refractivity contribution in [1.82, 2.24) is 19.4 Å². The van der Waals surface area contributed by atoms with E-state index in [-0.39, 0.29) is 23.9 Å². The molecule has 0 atom stereocenters. The molecule has 3 aromatic rings. The molecule has 0 saturated carbocycles. The molecule has 1 aromatic carbocycles. The Morgan fingerprint density at radius 3 is 2.40 bits per heavy atom. The molecule has 1 aliphatic rings. The zero-order chi connectivity index (χ0) is 17.6. The number of hydrogen-bond acceptors (Lipinski definition) is 4. The van der Waals surface area contributed by atoms with Gasteiger partial charge in [-0.25, -0.2) is 4.98 Å². The normalized spacial score (nSPS) is 13.7. The molecule has 4 rings (SSSR count). The lowest BCUT2D eigenvalue weighted by Gasteiger charge is -2.14. The van der Waals surface area contributed by atoms with Crippen molar-refractivity contribution >= 4 is 22.8 Å². The predicted molar refractivity (Wildman–Crippen MR) is 91.5 cm³/mol. The summed E-state index contributed by atoms with van der Waals surface area (Å²) in [6.07, 6.45) is 1.98. The number of hydrogen-bond donors (Lipinski definition) is 1. The second-order valence-corrected chi connectivity index (χ2v) is 6.12. The highest BCUT2D eigenvalue weighted by Crippen LogP contribution is 2.22. The number of nitrogens with one attached hydrogen (secondary N) is 1. The fraction of sp³-hybridized carbons (Fsp3) is 0.222. The molecule has 0 bridgehead atoms. The fourth-order valence-electron chi connectivity index (χ4n) is 3.18. The molecule has 0 aliphatic carbocycles. The van der Waals surface area contributed by atoms with Crippen molar-refractivity contribution in [3.05, 3.63) is 63.8 Å². The van der Waals surface area contributed by atoms with Gasteiger partial charge in [0.25, 0.3) is 17.4 Å². The summed E-state index contributed by atoms with van der Waals surface area (Å²) in [7, 11) is 0. The van der Waals surface area contributed by atoms with E-state index < -0.39 is 0 Å². The van der Waals surface area contributed by atoms with Crippen LogP contribution in [0.1, 0.15) is 32.8 Å². The molecule has 1 N–H and O–H groups in total. The molecule has 0 saturated heterocycles. The molecule has 1 aliphatic heterocycles. The van der Waals surface area contributed by atoms with Crippen LogP contribution in [0.5, 0.6) is 0 Å². The van der Waals surface area contributed by atoms with E-state index in [1.54, 1.807) is 30.3 Å². The van der Waals surface area contributed by atoms with Gasteiger partial charge in [0.05, 0.1) is 22.8 Å². The van der Waals surface area contributed by atoms with Gasteiger partial charge in [0.2, 0.25) is 0 Å². The van der Waals surface area contributed by atoms with Crippen LogP contribution < -0.4 is 5.56 Å². The maximum absolute atomic E-state index is 12.4. The Hall–Kier alpha value is -3.22. The van der Waals surface area contributed by atoms with Gasteiger partial charge in [-0.15, -0.1) is 0 Å². The van der Waals surface area contributed by atoms with Crippen molar-refractivity contribution in [2.75, 3.05) is 6.54 Å². The molecule has 7 nitrogen and oxygen atoms in total. The van der Waals surface area contributed by atoms with Gasteiger partial charge in [-0.1, -0.05) is 12.1 Å². The van der Waals surface area contributed by atoms with Crippen LogP contribution in [0.15, 0.2) is 41.5 Å². The van der Waals surface area contributed by atoms with Crippen molar-refractivity contribution in [1.29, 1.82) is 0 Å². The van der Waals surface area contributed by atoms with E-state index in [4.69, 9.17) is 0 Å². The minimum Gasteiger partial charge on any atom is -0.343 e. The first-order chi connectivity index (χ1) is 12.1. The summed E-state index contributed by atoms with van der Waals surface area (Å²) in [5, 5.41) is 0.542. The maximum atomic E-state index is 12.4. The van der Waals surface area contributed by atoms with Crippen LogP contribution in [0.3, 0.4) is 0 Å². The standard InChI is InChI=1S/C18H16N4O3/c1-11-9-14-15(20-11)19-10-21(16(14)23)7-4-8-22-17(24)12-5-2-3-6-13(12)18(22)25/h2-3,5-6,9-10,20H,4,7-8H2,1H3. The number of nitrogens with zero attached hydrogens (tertiary/aromatic N) is 3. The van der Waals surface area contributed by atoms with E-state index in [1.807, 2.05) is 6.92 Å². The Morgan fingerprint density at radius 1 is 1.04 bits per heavy atom. The van der Waals surface area contributed by atoms with E-state index in [0.717, 1.165) is 5.69 Å². The van der Waals surface area contributed by atoms with Gasteiger partial charge < -0.3 is 4.98 Å². The minimum absolute atomic E-state index is 0.128. The molecule has 0 spiro atoms. The summed E-state index contributed by atoms with van der Waals surface area (Å²) in [6, 6.07) is 8.57. The average Bonchev–Trinajstić information content (AvgIpc) is 3.10. The van der Waals surface area contributed by atoms with E-state index in [9.17, 15) is 14.4 Å². The van der Waals surface area contributed by atoms with Crippen LogP contribution in [-0.2, 0) is 6.54 Å². The monoisotopic (exact) mass is 336 g/mol. The molecule has 0 radical (unpaired) electrons. The first-order valence-corrected chi connectivity index (χ1v) is 8.06. The first-order valence-electron chi connectivity index (χ1n) is 8.06. The van der Waals surface area contributed by atoms with Gasteiger partial charge in [-0.3, -0.25) is 23.9 Å². The number of rotatable bonds is 4. The number of carbonyl (C=O) groups excluding carboxylic acids is 2. The zero-order valence-corrected chi connectivity index (χ0v) is 13.7. The third-order valence-corrected chi connectivity index (χ3v) is 4.41. The average molecular weight is 336 g/mol. The Kier molecular flexibility index (Phi) is 3.49. The molecule has 3 heterocycles. The van der Waals surface area contributed by atoms with E-state index >= 15 is 0 Å². The van der Waals surface area contributed by atoms with Crippen molar-refractivity contribution in [2.45, 2.75) is 19.9 Å². The second-order valence-electron chi connectivity index (χ2n) is 6.12. The molecular formula is C18H16N4O3. The van der Waals surface area contributed by atoms with E-state index in [0.29, 0.717) is 35.1 Å². The van der Waals surface area contributed by atoms with Crippen molar-refractivity contribution in [3.8, 4) is 0 Å². The number of aryl methyl sites for hydroxylation is 2. The molecule has 7 heteroatoms. The van der Waals surface area contributed by atoms with Crippen LogP contribution in [-0.4, -0.2) is 37.8 Å². The van der Waals surface area contributed by atoms with Gasteiger partial charge in [0, 0.05) is 18.8 Å².